The van der Waals surface area contributed by atoms with Crippen LogP contribution in [-0.2, 0) is 17.1 Å². The molecule has 5 radical (unpaired) electrons. The predicted molar refractivity (Wildman–Crippen MR) is 46.7 cm³/mol. The van der Waals surface area contributed by atoms with Crippen molar-refractivity contribution in [3.63, 3.8) is 0 Å². The van der Waals surface area contributed by atoms with E-state index in [-0.39, 0.29) is 28.0 Å². The Morgan fingerprint density at radius 2 is 1.92 bits per heavy atom. The van der Waals surface area contributed by atoms with Gasteiger partial charge in [-0.3, -0.25) is 0 Å². The third-order valence-corrected chi connectivity index (χ3v) is 1.55. The van der Waals surface area contributed by atoms with Crippen molar-refractivity contribution in [1.82, 2.24) is 0 Å². The van der Waals surface area contributed by atoms with E-state index in [4.69, 9.17) is 4.74 Å². The Bertz CT molecular complexity index is 273. The summed E-state index contributed by atoms with van der Waals surface area (Å²) < 4.78 is 5.34. The molecule has 0 N–H and O–H groups in total. The van der Waals surface area contributed by atoms with E-state index in [9.17, 15) is 0 Å². The molecule has 61 valence electrons. The Labute approximate surface area is 87.3 Å². The van der Waals surface area contributed by atoms with Gasteiger partial charge in [0.1, 0.15) is 12.4 Å². The van der Waals surface area contributed by atoms with Gasteiger partial charge in [0.15, 0.2) is 0 Å². The number of hydrogen-bond donors (Lipinski definition) is 0. The Balaban J connectivity index is 0.000000605. The number of hydrogen-bond acceptors (Lipinski definition) is 1. The maximum atomic E-state index is 5.34. The minimum Gasteiger partial charge on any atom is -0.489 e. The van der Waals surface area contributed by atoms with Gasteiger partial charge in [-0.2, -0.15) is 0 Å². The summed E-state index contributed by atoms with van der Waals surface area (Å²) in [5, 5.41) is 0. The molecular weight excluding hydrogens is 207 g/mol. The van der Waals surface area contributed by atoms with E-state index in [0.717, 1.165) is 5.75 Å². The summed E-state index contributed by atoms with van der Waals surface area (Å²) in [7, 11) is 0. The molecule has 0 unspecified atom stereocenters. The van der Waals surface area contributed by atoms with Crippen LogP contribution in [-0.4, -0.2) is 17.6 Å². The minimum absolute atomic E-state index is 0. The quantitative estimate of drug-likeness (QED) is 0.598. The molecule has 0 saturated heterocycles. The van der Waals surface area contributed by atoms with Gasteiger partial charge in [-0.15, -0.1) is 0 Å². The zero-order valence-corrected chi connectivity index (χ0v) is 8.64. The maximum absolute atomic E-state index is 5.34. The Hall–Kier alpha value is -0.504. The molecule has 0 aromatic heterocycles. The van der Waals surface area contributed by atoms with E-state index in [0.29, 0.717) is 6.61 Å². The molecule has 0 atom stereocenters. The fourth-order valence-corrected chi connectivity index (χ4v) is 1.06. The van der Waals surface area contributed by atoms with Crippen LogP contribution in [0, 0.1) is 0 Å². The van der Waals surface area contributed by atoms with Gasteiger partial charge in [-0.25, -0.2) is 0 Å². The summed E-state index contributed by atoms with van der Waals surface area (Å²) in [6.07, 6.45) is 4.10. The van der Waals surface area contributed by atoms with Crippen molar-refractivity contribution < 1.29 is 21.8 Å². The normalized spacial score (nSPS) is 11.7. The second kappa shape index (κ2) is 5.20. The van der Waals surface area contributed by atoms with E-state index in [2.05, 4.69) is 6.08 Å². The van der Waals surface area contributed by atoms with Crippen molar-refractivity contribution in [2.75, 3.05) is 6.61 Å². The second-order valence-corrected chi connectivity index (χ2v) is 2.25. The third-order valence-electron chi connectivity index (χ3n) is 1.55. The number of para-hydroxylation sites is 1. The van der Waals surface area contributed by atoms with Crippen molar-refractivity contribution in [2.45, 2.75) is 0 Å². The molecular formula is C9H8MnOSi. The molecule has 1 heterocycles. The zero-order chi connectivity index (χ0) is 6.81. The minimum atomic E-state index is 0. The van der Waals surface area contributed by atoms with Crippen LogP contribution in [0.25, 0.3) is 6.08 Å². The molecule has 1 aromatic rings. The topological polar surface area (TPSA) is 9.23 Å². The second-order valence-electron chi connectivity index (χ2n) is 2.25. The molecule has 0 spiro atoms. The first kappa shape index (κ1) is 11.5. The number of benzene rings is 1. The van der Waals surface area contributed by atoms with Crippen LogP contribution in [0.5, 0.6) is 5.75 Å². The van der Waals surface area contributed by atoms with E-state index in [1.165, 1.54) is 5.56 Å². The molecule has 1 aromatic carbocycles. The molecule has 0 amide bonds. The van der Waals surface area contributed by atoms with E-state index in [1.54, 1.807) is 0 Å². The standard InChI is InChI=1S/C9H8O.Mn.Si/c1-2-6-9-8(4-1)5-3-7-10-9;;/h1-6H,7H2;;. The molecule has 0 bridgehead atoms. The van der Waals surface area contributed by atoms with Gasteiger partial charge in [0, 0.05) is 33.6 Å². The summed E-state index contributed by atoms with van der Waals surface area (Å²) in [5.74, 6) is 0.991. The predicted octanol–water partition coefficient (Wildman–Crippen LogP) is 1.71. The van der Waals surface area contributed by atoms with Crippen LogP contribution in [0.3, 0.4) is 0 Å². The number of ether oxygens (including phenoxy) is 1. The Morgan fingerprint density at radius 3 is 2.67 bits per heavy atom. The molecule has 0 fully saturated rings. The van der Waals surface area contributed by atoms with Gasteiger partial charge in [-0.1, -0.05) is 24.3 Å². The SMILES string of the molecule is C1=Cc2ccccc2OC1.[Mn].[Si]. The van der Waals surface area contributed by atoms with E-state index < -0.39 is 0 Å². The van der Waals surface area contributed by atoms with Gasteiger partial charge in [-0.05, 0) is 12.1 Å². The fraction of sp³-hybridized carbons (Fsp3) is 0.111. The molecule has 12 heavy (non-hydrogen) atoms. The van der Waals surface area contributed by atoms with Crippen LogP contribution >= 0.6 is 0 Å². The smallest absolute Gasteiger partial charge is 0.126 e. The first-order valence-corrected chi connectivity index (χ1v) is 3.35. The molecule has 3 heteroatoms. The summed E-state index contributed by atoms with van der Waals surface area (Å²) in [6.45, 7) is 0.705. The number of fused-ring (bicyclic) bond motifs is 1. The van der Waals surface area contributed by atoms with E-state index >= 15 is 0 Å². The Kier molecular flexibility index (Phi) is 4.98. The van der Waals surface area contributed by atoms with Gasteiger partial charge in [0.05, 0.1) is 0 Å². The largest absolute Gasteiger partial charge is 0.489 e. The van der Waals surface area contributed by atoms with Crippen LogP contribution in [0.1, 0.15) is 5.56 Å². The van der Waals surface area contributed by atoms with Gasteiger partial charge in [0.2, 0.25) is 0 Å². The summed E-state index contributed by atoms with van der Waals surface area (Å²) in [5.41, 5.74) is 1.17. The molecule has 0 aliphatic carbocycles. The monoisotopic (exact) mass is 215 g/mol. The average molecular weight is 215 g/mol. The summed E-state index contributed by atoms with van der Waals surface area (Å²) in [4.78, 5) is 0. The first-order valence-electron chi connectivity index (χ1n) is 3.35. The van der Waals surface area contributed by atoms with Gasteiger partial charge < -0.3 is 4.74 Å². The molecule has 1 aliphatic rings. The van der Waals surface area contributed by atoms with Crippen LogP contribution in [0.2, 0.25) is 0 Å². The maximum Gasteiger partial charge on any atom is 0.126 e. The number of rotatable bonds is 0. The third kappa shape index (κ3) is 2.24. The molecule has 2 rings (SSSR count). The van der Waals surface area contributed by atoms with Crippen LogP contribution < -0.4 is 4.74 Å². The first-order chi connectivity index (χ1) is 4.97. The Morgan fingerprint density at radius 1 is 1.17 bits per heavy atom. The summed E-state index contributed by atoms with van der Waals surface area (Å²) >= 11 is 0. The van der Waals surface area contributed by atoms with Gasteiger partial charge >= 0.3 is 0 Å². The van der Waals surface area contributed by atoms with Crippen molar-refractivity contribution >= 4 is 17.0 Å². The van der Waals surface area contributed by atoms with Crippen LogP contribution in [0.4, 0.5) is 0 Å². The molecule has 1 aliphatic heterocycles. The summed E-state index contributed by atoms with van der Waals surface area (Å²) in [6, 6.07) is 8.03. The van der Waals surface area contributed by atoms with Gasteiger partial charge in [0.25, 0.3) is 0 Å². The fourth-order valence-electron chi connectivity index (χ4n) is 1.06. The van der Waals surface area contributed by atoms with Crippen molar-refractivity contribution in [2.24, 2.45) is 0 Å². The average Bonchev–Trinajstić information content (AvgIpc) is 2.05. The van der Waals surface area contributed by atoms with Crippen molar-refractivity contribution in [3.05, 3.63) is 35.9 Å². The van der Waals surface area contributed by atoms with Crippen LogP contribution in [0.15, 0.2) is 30.3 Å². The van der Waals surface area contributed by atoms with Crippen molar-refractivity contribution in [1.29, 1.82) is 0 Å². The molecule has 1 nitrogen and oxygen atoms in total. The van der Waals surface area contributed by atoms with Crippen molar-refractivity contribution in [3.8, 4) is 5.75 Å². The van der Waals surface area contributed by atoms with E-state index in [1.807, 2.05) is 30.3 Å². The molecule has 0 saturated carbocycles. The zero-order valence-electron chi connectivity index (χ0n) is 6.46.